The van der Waals surface area contributed by atoms with Crippen molar-refractivity contribution in [2.24, 2.45) is 0 Å². The van der Waals surface area contributed by atoms with E-state index < -0.39 is 0 Å². The van der Waals surface area contributed by atoms with E-state index in [9.17, 15) is 4.79 Å². The van der Waals surface area contributed by atoms with Crippen LogP contribution < -0.4 is 5.32 Å². The van der Waals surface area contributed by atoms with Crippen LogP contribution in [0.25, 0.3) is 0 Å². The molecule has 0 bridgehead atoms. The Bertz CT molecular complexity index is 140. The van der Waals surface area contributed by atoms with Gasteiger partial charge in [-0.1, -0.05) is 12.5 Å². The molecule has 0 atom stereocenters. The third-order valence-corrected chi connectivity index (χ3v) is 1.35. The standard InChI is InChI=1S/C9H17NO/c1-4-7-10-9(11)6-5-8(2)3/h2,4-7H2,1,3H3,(H,10,11). The van der Waals surface area contributed by atoms with Crippen LogP contribution in [0.5, 0.6) is 0 Å². The molecule has 0 heterocycles. The molecule has 2 nitrogen and oxygen atoms in total. The van der Waals surface area contributed by atoms with Crippen molar-refractivity contribution in [1.82, 2.24) is 5.32 Å². The van der Waals surface area contributed by atoms with Gasteiger partial charge in [-0.3, -0.25) is 4.79 Å². The molecule has 1 N–H and O–H groups in total. The van der Waals surface area contributed by atoms with Gasteiger partial charge in [0.2, 0.25) is 5.91 Å². The van der Waals surface area contributed by atoms with E-state index in [0.717, 1.165) is 25.0 Å². The zero-order valence-corrected chi connectivity index (χ0v) is 7.44. The molecule has 0 aromatic heterocycles. The number of carbonyl (C=O) groups excluding carboxylic acids is 1. The first-order valence-electron chi connectivity index (χ1n) is 4.08. The summed E-state index contributed by atoms with van der Waals surface area (Å²) in [6.45, 7) is 8.49. The van der Waals surface area contributed by atoms with Crippen LogP contribution in [-0.4, -0.2) is 12.5 Å². The van der Waals surface area contributed by atoms with Gasteiger partial charge >= 0.3 is 0 Å². The van der Waals surface area contributed by atoms with Crippen LogP contribution in [0.15, 0.2) is 12.2 Å². The maximum atomic E-state index is 11.0. The Morgan fingerprint density at radius 3 is 2.55 bits per heavy atom. The molecule has 0 rings (SSSR count). The van der Waals surface area contributed by atoms with Crippen molar-refractivity contribution in [3.8, 4) is 0 Å². The molecular weight excluding hydrogens is 138 g/mol. The Labute approximate surface area is 68.7 Å². The van der Waals surface area contributed by atoms with Crippen molar-refractivity contribution in [3.63, 3.8) is 0 Å². The first-order chi connectivity index (χ1) is 5.16. The van der Waals surface area contributed by atoms with Crippen LogP contribution in [0.4, 0.5) is 0 Å². The first-order valence-corrected chi connectivity index (χ1v) is 4.08. The predicted octanol–water partition coefficient (Wildman–Crippen LogP) is 1.87. The number of hydrogen-bond acceptors (Lipinski definition) is 1. The molecule has 11 heavy (non-hydrogen) atoms. The number of hydrogen-bond donors (Lipinski definition) is 1. The summed E-state index contributed by atoms with van der Waals surface area (Å²) in [7, 11) is 0. The average Bonchev–Trinajstić information content (AvgIpc) is 1.97. The van der Waals surface area contributed by atoms with E-state index in [0.29, 0.717) is 6.42 Å². The van der Waals surface area contributed by atoms with Gasteiger partial charge < -0.3 is 5.32 Å². The summed E-state index contributed by atoms with van der Waals surface area (Å²) in [6.07, 6.45) is 2.38. The van der Waals surface area contributed by atoms with Gasteiger partial charge in [-0.25, -0.2) is 0 Å². The molecule has 0 fully saturated rings. The molecule has 0 aliphatic rings. The van der Waals surface area contributed by atoms with E-state index in [-0.39, 0.29) is 5.91 Å². The van der Waals surface area contributed by atoms with Crippen molar-refractivity contribution in [3.05, 3.63) is 12.2 Å². The smallest absolute Gasteiger partial charge is 0.220 e. The van der Waals surface area contributed by atoms with E-state index in [1.54, 1.807) is 0 Å². The van der Waals surface area contributed by atoms with Gasteiger partial charge in [-0.2, -0.15) is 0 Å². The molecule has 0 saturated heterocycles. The molecule has 0 radical (unpaired) electrons. The minimum absolute atomic E-state index is 0.134. The number of amides is 1. The third kappa shape index (κ3) is 7.10. The third-order valence-electron chi connectivity index (χ3n) is 1.35. The van der Waals surface area contributed by atoms with E-state index in [2.05, 4.69) is 11.9 Å². The summed E-state index contributed by atoms with van der Waals surface area (Å²) in [4.78, 5) is 11.0. The summed E-state index contributed by atoms with van der Waals surface area (Å²) >= 11 is 0. The molecule has 0 spiro atoms. The van der Waals surface area contributed by atoms with Gasteiger partial charge in [0, 0.05) is 13.0 Å². The first kappa shape index (κ1) is 10.2. The Kier molecular flexibility index (Phi) is 5.53. The van der Waals surface area contributed by atoms with E-state index in [1.165, 1.54) is 0 Å². The van der Waals surface area contributed by atoms with Gasteiger partial charge in [0.15, 0.2) is 0 Å². The molecule has 2 heteroatoms. The number of carbonyl (C=O) groups is 1. The second-order valence-corrected chi connectivity index (χ2v) is 2.81. The second kappa shape index (κ2) is 5.96. The van der Waals surface area contributed by atoms with Gasteiger partial charge in [0.1, 0.15) is 0 Å². The molecule has 0 aliphatic heterocycles. The maximum absolute atomic E-state index is 11.0. The lowest BCUT2D eigenvalue weighted by Gasteiger charge is -2.01. The molecule has 0 aromatic rings. The number of rotatable bonds is 5. The molecular formula is C9H17NO. The summed E-state index contributed by atoms with van der Waals surface area (Å²) in [5, 5.41) is 2.81. The van der Waals surface area contributed by atoms with Crippen molar-refractivity contribution >= 4 is 5.91 Å². The van der Waals surface area contributed by atoms with Crippen LogP contribution in [-0.2, 0) is 4.79 Å². The normalized spacial score (nSPS) is 9.27. The fraction of sp³-hybridized carbons (Fsp3) is 0.667. The van der Waals surface area contributed by atoms with Crippen LogP contribution in [0.2, 0.25) is 0 Å². The van der Waals surface area contributed by atoms with Gasteiger partial charge in [-0.15, -0.1) is 6.58 Å². The van der Waals surface area contributed by atoms with E-state index >= 15 is 0 Å². The Hall–Kier alpha value is -0.790. The minimum atomic E-state index is 0.134. The van der Waals surface area contributed by atoms with Crippen molar-refractivity contribution in [2.75, 3.05) is 6.54 Å². The van der Waals surface area contributed by atoms with Crippen molar-refractivity contribution in [2.45, 2.75) is 33.1 Å². The van der Waals surface area contributed by atoms with Gasteiger partial charge in [0.25, 0.3) is 0 Å². The van der Waals surface area contributed by atoms with Crippen LogP contribution in [0, 0.1) is 0 Å². The number of allylic oxidation sites excluding steroid dienone is 1. The largest absolute Gasteiger partial charge is 0.356 e. The van der Waals surface area contributed by atoms with Crippen LogP contribution in [0.3, 0.4) is 0 Å². The summed E-state index contributed by atoms with van der Waals surface area (Å²) in [5.74, 6) is 0.134. The molecule has 0 aliphatic carbocycles. The van der Waals surface area contributed by atoms with Crippen molar-refractivity contribution < 1.29 is 4.79 Å². The van der Waals surface area contributed by atoms with E-state index in [4.69, 9.17) is 0 Å². The van der Waals surface area contributed by atoms with Crippen LogP contribution in [0.1, 0.15) is 33.1 Å². The molecule has 1 amide bonds. The van der Waals surface area contributed by atoms with Gasteiger partial charge in [0.05, 0.1) is 0 Å². The van der Waals surface area contributed by atoms with Crippen LogP contribution >= 0.6 is 0 Å². The average molecular weight is 155 g/mol. The van der Waals surface area contributed by atoms with Gasteiger partial charge in [-0.05, 0) is 19.8 Å². The Morgan fingerprint density at radius 2 is 2.09 bits per heavy atom. The quantitative estimate of drug-likeness (QED) is 0.603. The Balaban J connectivity index is 3.30. The maximum Gasteiger partial charge on any atom is 0.220 e. The fourth-order valence-corrected chi connectivity index (χ4v) is 0.680. The highest BCUT2D eigenvalue weighted by Gasteiger charge is 1.98. The molecule has 0 unspecified atom stereocenters. The lowest BCUT2D eigenvalue weighted by atomic mass is 10.2. The predicted molar refractivity (Wildman–Crippen MR) is 47.3 cm³/mol. The minimum Gasteiger partial charge on any atom is -0.356 e. The zero-order valence-electron chi connectivity index (χ0n) is 7.44. The SMILES string of the molecule is C=C(C)CCC(=O)NCCC. The molecule has 0 aromatic carbocycles. The highest BCUT2D eigenvalue weighted by atomic mass is 16.1. The summed E-state index contributed by atoms with van der Waals surface area (Å²) in [5.41, 5.74) is 1.07. The molecule has 64 valence electrons. The monoisotopic (exact) mass is 155 g/mol. The summed E-state index contributed by atoms with van der Waals surface area (Å²) < 4.78 is 0. The second-order valence-electron chi connectivity index (χ2n) is 2.81. The fourth-order valence-electron chi connectivity index (χ4n) is 0.680. The summed E-state index contributed by atoms with van der Waals surface area (Å²) in [6, 6.07) is 0. The zero-order chi connectivity index (χ0) is 8.69. The lowest BCUT2D eigenvalue weighted by molar-refractivity contribution is -0.121. The highest BCUT2D eigenvalue weighted by Crippen LogP contribution is 1.99. The van der Waals surface area contributed by atoms with E-state index in [1.807, 2.05) is 13.8 Å². The number of nitrogens with one attached hydrogen (secondary N) is 1. The van der Waals surface area contributed by atoms with Crippen molar-refractivity contribution in [1.29, 1.82) is 0 Å². The topological polar surface area (TPSA) is 29.1 Å². The Morgan fingerprint density at radius 1 is 1.45 bits per heavy atom. The molecule has 0 saturated carbocycles. The highest BCUT2D eigenvalue weighted by molar-refractivity contribution is 5.76. The lowest BCUT2D eigenvalue weighted by Crippen LogP contribution is -2.23.